The van der Waals surface area contributed by atoms with Crippen molar-refractivity contribution in [3.63, 3.8) is 0 Å². The first kappa shape index (κ1) is 17.4. The van der Waals surface area contributed by atoms with Crippen molar-refractivity contribution in [2.45, 2.75) is 24.3 Å². The molecule has 5 heteroatoms. The zero-order valence-electron chi connectivity index (χ0n) is 15.5. The average molecular weight is 434 g/mol. The van der Waals surface area contributed by atoms with E-state index in [2.05, 4.69) is 57.3 Å². The van der Waals surface area contributed by atoms with Gasteiger partial charge in [-0.15, -0.1) is 0 Å². The second kappa shape index (κ2) is 6.45. The molecule has 140 valence electrons. The summed E-state index contributed by atoms with van der Waals surface area (Å²) in [6.45, 7) is 0. The average Bonchev–Trinajstić information content (AvgIpc) is 3.52. The van der Waals surface area contributed by atoms with Crippen LogP contribution in [0.1, 0.15) is 46.7 Å². The summed E-state index contributed by atoms with van der Waals surface area (Å²) in [6.07, 6.45) is 4.17. The van der Waals surface area contributed by atoms with E-state index in [1.807, 2.05) is 18.2 Å². The van der Waals surface area contributed by atoms with Gasteiger partial charge in [0, 0.05) is 16.2 Å². The van der Waals surface area contributed by atoms with Gasteiger partial charge in [-0.25, -0.2) is 4.99 Å². The topological polar surface area (TPSA) is 60.5 Å². The summed E-state index contributed by atoms with van der Waals surface area (Å²) in [5, 5.41) is 0. The maximum atomic E-state index is 6.35. The highest BCUT2D eigenvalue weighted by Gasteiger charge is 2.44. The van der Waals surface area contributed by atoms with Crippen LogP contribution in [-0.4, -0.2) is 17.9 Å². The Morgan fingerprint density at radius 2 is 1.89 bits per heavy atom. The molecule has 0 saturated heterocycles. The third kappa shape index (κ3) is 2.57. The van der Waals surface area contributed by atoms with Crippen LogP contribution in [0.15, 0.2) is 70.3 Å². The van der Waals surface area contributed by atoms with Gasteiger partial charge in [0.2, 0.25) is 0 Å². The number of amidine groups is 1. The van der Waals surface area contributed by atoms with E-state index in [0.717, 1.165) is 32.6 Å². The highest BCUT2D eigenvalue weighted by Crippen LogP contribution is 2.50. The smallest absolute Gasteiger partial charge is 0.146 e. The Balaban J connectivity index is 1.81. The van der Waals surface area contributed by atoms with Crippen LogP contribution in [0.5, 0.6) is 5.75 Å². The lowest BCUT2D eigenvalue weighted by molar-refractivity contribution is 0.409. The lowest BCUT2D eigenvalue weighted by Gasteiger charge is -2.30. The van der Waals surface area contributed by atoms with Crippen LogP contribution in [0, 0.1) is 0 Å². The first-order valence-electron chi connectivity index (χ1n) is 9.39. The van der Waals surface area contributed by atoms with E-state index in [1.165, 1.54) is 18.4 Å². The molecule has 0 radical (unpaired) electrons. The van der Waals surface area contributed by atoms with Gasteiger partial charge >= 0.3 is 0 Å². The van der Waals surface area contributed by atoms with E-state index in [4.69, 9.17) is 15.5 Å². The fourth-order valence-corrected chi connectivity index (χ4v) is 4.59. The summed E-state index contributed by atoms with van der Waals surface area (Å²) >= 11 is 3.62. The predicted molar refractivity (Wildman–Crippen MR) is 114 cm³/mol. The summed E-state index contributed by atoms with van der Waals surface area (Å²) in [5.41, 5.74) is 10.8. The minimum atomic E-state index is -0.715. The molecule has 2 aliphatic rings. The van der Waals surface area contributed by atoms with E-state index < -0.39 is 5.54 Å². The number of aromatic nitrogens is 1. The van der Waals surface area contributed by atoms with Crippen molar-refractivity contribution in [2.75, 3.05) is 7.11 Å². The van der Waals surface area contributed by atoms with Gasteiger partial charge in [-0.1, -0.05) is 40.2 Å². The van der Waals surface area contributed by atoms with Crippen LogP contribution >= 0.6 is 15.9 Å². The van der Waals surface area contributed by atoms with Crippen molar-refractivity contribution >= 4 is 21.8 Å². The Morgan fingerprint density at radius 1 is 1.07 bits per heavy atom. The fourth-order valence-electron chi connectivity index (χ4n) is 4.19. The number of hydrogen-bond donors (Lipinski definition) is 1. The van der Waals surface area contributed by atoms with E-state index in [1.54, 1.807) is 13.3 Å². The third-order valence-corrected chi connectivity index (χ3v) is 6.13. The Bertz CT molecular complexity index is 1110. The first-order chi connectivity index (χ1) is 13.6. The molecule has 28 heavy (non-hydrogen) atoms. The lowest BCUT2D eigenvalue weighted by atomic mass is 9.77. The zero-order chi connectivity index (χ0) is 19.3. The van der Waals surface area contributed by atoms with E-state index >= 15 is 0 Å². The predicted octanol–water partition coefficient (Wildman–Crippen LogP) is 4.74. The number of ether oxygens (including phenoxy) is 1. The molecule has 0 amide bonds. The SMILES string of the molecule is COc1ccc(C2(c3cccc(Br)c3)N=C(N)c3ncccc32)cc1C1CC1. The van der Waals surface area contributed by atoms with Crippen LogP contribution < -0.4 is 10.5 Å². The summed E-state index contributed by atoms with van der Waals surface area (Å²) in [5.74, 6) is 1.97. The minimum Gasteiger partial charge on any atom is -0.496 e. The Hall–Kier alpha value is -2.66. The van der Waals surface area contributed by atoms with Crippen LogP contribution in [-0.2, 0) is 5.54 Å². The van der Waals surface area contributed by atoms with Crippen molar-refractivity contribution in [1.29, 1.82) is 0 Å². The highest BCUT2D eigenvalue weighted by molar-refractivity contribution is 9.10. The van der Waals surface area contributed by atoms with Crippen LogP contribution in [0.25, 0.3) is 0 Å². The Kier molecular flexibility index (Phi) is 4.02. The molecule has 0 bridgehead atoms. The number of methoxy groups -OCH3 is 1. The van der Waals surface area contributed by atoms with Gasteiger partial charge in [-0.3, -0.25) is 4.98 Å². The number of nitrogens with zero attached hydrogens (tertiary/aromatic N) is 2. The molecule has 1 aliphatic heterocycles. The second-order valence-corrected chi connectivity index (χ2v) is 8.26. The highest BCUT2D eigenvalue weighted by atomic mass is 79.9. The monoisotopic (exact) mass is 433 g/mol. The molecule has 2 aromatic carbocycles. The molecule has 1 saturated carbocycles. The van der Waals surface area contributed by atoms with Crippen LogP contribution in [0.2, 0.25) is 0 Å². The van der Waals surface area contributed by atoms with Crippen LogP contribution in [0.3, 0.4) is 0 Å². The maximum Gasteiger partial charge on any atom is 0.146 e. The first-order valence-corrected chi connectivity index (χ1v) is 10.2. The number of pyridine rings is 1. The van der Waals surface area contributed by atoms with E-state index in [-0.39, 0.29) is 0 Å². The minimum absolute atomic E-state index is 0.472. The molecule has 2 heterocycles. The molecular formula is C23H20BrN3O. The molecule has 1 unspecified atom stereocenters. The Labute approximate surface area is 172 Å². The van der Waals surface area contributed by atoms with Gasteiger partial charge in [-0.05, 0) is 65.8 Å². The summed E-state index contributed by atoms with van der Waals surface area (Å²) in [6, 6.07) is 18.7. The number of benzene rings is 2. The molecule has 1 aromatic heterocycles. The number of halogens is 1. The summed E-state index contributed by atoms with van der Waals surface area (Å²) < 4.78 is 6.64. The van der Waals surface area contributed by atoms with Gasteiger partial charge in [0.05, 0.1) is 7.11 Å². The summed E-state index contributed by atoms with van der Waals surface area (Å²) in [7, 11) is 1.73. The molecule has 1 atom stereocenters. The van der Waals surface area contributed by atoms with Crippen molar-refractivity contribution in [1.82, 2.24) is 4.98 Å². The van der Waals surface area contributed by atoms with Crippen molar-refractivity contribution in [3.8, 4) is 5.75 Å². The van der Waals surface area contributed by atoms with Gasteiger partial charge in [0.25, 0.3) is 0 Å². The standard InChI is InChI=1S/C23H20BrN3O/c1-28-20-10-9-16(13-18(20)14-7-8-14)23(15-4-2-5-17(24)12-15)19-6-3-11-26-21(19)22(25)27-23/h2-6,9-14H,7-8H2,1H3,(H2,25,27). The van der Waals surface area contributed by atoms with Gasteiger partial charge in [0.1, 0.15) is 22.8 Å². The van der Waals surface area contributed by atoms with Gasteiger partial charge < -0.3 is 10.5 Å². The molecule has 3 aromatic rings. The molecule has 1 aliphatic carbocycles. The molecule has 1 fully saturated rings. The number of fused-ring (bicyclic) bond motifs is 1. The van der Waals surface area contributed by atoms with E-state index in [0.29, 0.717) is 11.8 Å². The molecule has 5 rings (SSSR count). The number of aliphatic imine (C=N–C) groups is 1. The van der Waals surface area contributed by atoms with Gasteiger partial charge in [-0.2, -0.15) is 0 Å². The van der Waals surface area contributed by atoms with Crippen molar-refractivity contribution < 1.29 is 4.74 Å². The molecule has 4 nitrogen and oxygen atoms in total. The number of rotatable bonds is 4. The van der Waals surface area contributed by atoms with Crippen molar-refractivity contribution in [3.05, 3.63) is 93.2 Å². The normalized spacial score (nSPS) is 20.6. The zero-order valence-corrected chi connectivity index (χ0v) is 17.1. The molecule has 0 spiro atoms. The lowest BCUT2D eigenvalue weighted by Crippen LogP contribution is -2.25. The fraction of sp³-hybridized carbons (Fsp3) is 0.217. The maximum absolute atomic E-state index is 6.35. The molecular weight excluding hydrogens is 414 g/mol. The van der Waals surface area contributed by atoms with Gasteiger partial charge in [0.15, 0.2) is 0 Å². The Morgan fingerprint density at radius 3 is 2.64 bits per heavy atom. The number of nitrogens with two attached hydrogens (primary N) is 1. The largest absolute Gasteiger partial charge is 0.496 e. The van der Waals surface area contributed by atoms with Crippen LogP contribution in [0.4, 0.5) is 0 Å². The number of hydrogen-bond acceptors (Lipinski definition) is 4. The second-order valence-electron chi connectivity index (χ2n) is 7.35. The third-order valence-electron chi connectivity index (χ3n) is 5.64. The molecule has 2 N–H and O–H groups in total. The van der Waals surface area contributed by atoms with Crippen molar-refractivity contribution in [2.24, 2.45) is 10.7 Å². The quantitative estimate of drug-likeness (QED) is 0.645. The summed E-state index contributed by atoms with van der Waals surface area (Å²) in [4.78, 5) is 9.54. The van der Waals surface area contributed by atoms with E-state index in [9.17, 15) is 0 Å².